The molecule has 0 saturated carbocycles. The summed E-state index contributed by atoms with van der Waals surface area (Å²) in [6.07, 6.45) is -4.44. The Bertz CT molecular complexity index is 438. The number of nitrogens with one attached hydrogen (secondary N) is 1. The molecule has 0 aromatic heterocycles. The molecule has 0 spiro atoms. The van der Waals surface area contributed by atoms with Gasteiger partial charge in [-0.2, -0.15) is 13.2 Å². The second kappa shape index (κ2) is 7.71. The highest BCUT2D eigenvalue weighted by Crippen LogP contribution is 2.26. The van der Waals surface area contributed by atoms with E-state index in [4.69, 9.17) is 10.5 Å². The van der Waals surface area contributed by atoms with Gasteiger partial charge in [-0.3, -0.25) is 4.79 Å². The van der Waals surface area contributed by atoms with E-state index in [2.05, 4.69) is 10.1 Å². The average Bonchev–Trinajstić information content (AvgIpc) is 2.37. The van der Waals surface area contributed by atoms with E-state index in [1.54, 1.807) is 6.07 Å². The third kappa shape index (κ3) is 6.39. The summed E-state index contributed by atoms with van der Waals surface area (Å²) in [5, 5.41) is 2.41. The number of nitrogens with two attached hydrogens (primary N) is 1. The van der Waals surface area contributed by atoms with Crippen LogP contribution < -0.4 is 15.8 Å². The molecule has 0 radical (unpaired) electrons. The molecule has 0 aliphatic rings. The molecule has 0 aliphatic carbocycles. The molecule has 0 bridgehead atoms. The van der Waals surface area contributed by atoms with Crippen molar-refractivity contribution >= 4 is 11.6 Å². The molecule has 1 aromatic carbocycles. The molecule has 3 N–H and O–H groups in total. The van der Waals surface area contributed by atoms with Crippen molar-refractivity contribution in [3.63, 3.8) is 0 Å². The first kappa shape index (κ1) is 16.3. The third-order valence-electron chi connectivity index (χ3n) is 2.05. The molecule has 0 heterocycles. The number of para-hydroxylation sites is 2. The predicted molar refractivity (Wildman–Crippen MR) is 66.5 cm³/mol. The highest BCUT2D eigenvalue weighted by molar-refractivity contribution is 5.93. The third-order valence-corrected chi connectivity index (χ3v) is 2.05. The normalized spacial score (nSPS) is 11.2. The van der Waals surface area contributed by atoms with Crippen LogP contribution in [0, 0.1) is 0 Å². The molecule has 0 unspecified atom stereocenters. The van der Waals surface area contributed by atoms with E-state index in [1.165, 1.54) is 18.2 Å². The Morgan fingerprint density at radius 3 is 2.65 bits per heavy atom. The molecule has 20 heavy (non-hydrogen) atoms. The van der Waals surface area contributed by atoms with Crippen LogP contribution in [0.4, 0.5) is 18.9 Å². The van der Waals surface area contributed by atoms with E-state index in [9.17, 15) is 18.0 Å². The smallest absolute Gasteiger partial charge is 0.422 e. The first-order valence-electron chi connectivity index (χ1n) is 5.78. The van der Waals surface area contributed by atoms with Gasteiger partial charge < -0.3 is 20.5 Å². The number of benzene rings is 1. The standard InChI is InChI=1S/C12H15F3N2O3/c13-12(14,15)8-20-10-4-2-1-3-9(10)17-11(18)7-19-6-5-16/h1-4H,5-8,16H2,(H,17,18). The van der Waals surface area contributed by atoms with E-state index in [0.717, 1.165) is 0 Å². The van der Waals surface area contributed by atoms with Crippen molar-refractivity contribution in [1.82, 2.24) is 0 Å². The molecular weight excluding hydrogens is 277 g/mol. The topological polar surface area (TPSA) is 73.6 Å². The lowest BCUT2D eigenvalue weighted by Gasteiger charge is -2.13. The summed E-state index contributed by atoms with van der Waals surface area (Å²) in [7, 11) is 0. The first-order chi connectivity index (χ1) is 9.42. The van der Waals surface area contributed by atoms with Crippen LogP contribution >= 0.6 is 0 Å². The van der Waals surface area contributed by atoms with Gasteiger partial charge in [0.15, 0.2) is 6.61 Å². The van der Waals surface area contributed by atoms with Gasteiger partial charge in [0, 0.05) is 6.54 Å². The number of halogens is 3. The van der Waals surface area contributed by atoms with Gasteiger partial charge in [0.05, 0.1) is 12.3 Å². The maximum atomic E-state index is 12.1. The molecule has 0 saturated heterocycles. The van der Waals surface area contributed by atoms with Gasteiger partial charge in [-0.1, -0.05) is 12.1 Å². The predicted octanol–water partition coefficient (Wildman–Crippen LogP) is 1.54. The fourth-order valence-electron chi connectivity index (χ4n) is 1.29. The Morgan fingerprint density at radius 2 is 2.00 bits per heavy atom. The van der Waals surface area contributed by atoms with Crippen molar-refractivity contribution in [3.05, 3.63) is 24.3 Å². The van der Waals surface area contributed by atoms with Crippen LogP contribution in [0.5, 0.6) is 5.75 Å². The Kier molecular flexibility index (Phi) is 6.26. The second-order valence-electron chi connectivity index (χ2n) is 3.79. The van der Waals surface area contributed by atoms with Crippen LogP contribution in [0.25, 0.3) is 0 Å². The van der Waals surface area contributed by atoms with Gasteiger partial charge in [0.1, 0.15) is 12.4 Å². The number of carbonyl (C=O) groups excluding carboxylic acids is 1. The summed E-state index contributed by atoms with van der Waals surface area (Å²) in [5.74, 6) is -0.557. The number of ether oxygens (including phenoxy) is 2. The maximum Gasteiger partial charge on any atom is 0.422 e. The minimum atomic E-state index is -4.44. The summed E-state index contributed by atoms with van der Waals surface area (Å²) in [4.78, 5) is 11.5. The molecular formula is C12H15F3N2O3. The van der Waals surface area contributed by atoms with Crippen LogP contribution in [0.2, 0.25) is 0 Å². The average molecular weight is 292 g/mol. The molecule has 1 rings (SSSR count). The van der Waals surface area contributed by atoms with Crippen LogP contribution in [0.15, 0.2) is 24.3 Å². The number of rotatable bonds is 7. The number of carbonyl (C=O) groups is 1. The van der Waals surface area contributed by atoms with Gasteiger partial charge in [-0.05, 0) is 12.1 Å². The molecule has 8 heteroatoms. The molecule has 5 nitrogen and oxygen atoms in total. The summed E-state index contributed by atoms with van der Waals surface area (Å²) in [6.45, 7) is -1.16. The molecule has 1 amide bonds. The van der Waals surface area contributed by atoms with Crippen molar-refractivity contribution in [1.29, 1.82) is 0 Å². The molecule has 0 atom stereocenters. The number of amides is 1. The Labute approximate surface area is 113 Å². The van der Waals surface area contributed by atoms with Gasteiger partial charge in [0.2, 0.25) is 5.91 Å². The van der Waals surface area contributed by atoms with Crippen molar-refractivity contribution < 1.29 is 27.4 Å². The number of hydrogen-bond donors (Lipinski definition) is 2. The summed E-state index contributed by atoms with van der Waals surface area (Å²) in [6, 6.07) is 5.84. The largest absolute Gasteiger partial charge is 0.482 e. The zero-order chi connectivity index (χ0) is 15.0. The van der Waals surface area contributed by atoms with Crippen molar-refractivity contribution in [2.24, 2.45) is 5.73 Å². The fraction of sp³-hybridized carbons (Fsp3) is 0.417. The minimum absolute atomic E-state index is 0.0583. The van der Waals surface area contributed by atoms with Gasteiger partial charge >= 0.3 is 6.18 Å². The number of anilines is 1. The van der Waals surface area contributed by atoms with Crippen molar-refractivity contribution in [2.45, 2.75) is 6.18 Å². The van der Waals surface area contributed by atoms with Gasteiger partial charge in [-0.25, -0.2) is 0 Å². The van der Waals surface area contributed by atoms with E-state index < -0.39 is 18.7 Å². The monoisotopic (exact) mass is 292 g/mol. The number of hydrogen-bond acceptors (Lipinski definition) is 4. The molecule has 1 aromatic rings. The lowest BCUT2D eigenvalue weighted by atomic mass is 10.3. The molecule has 112 valence electrons. The van der Waals surface area contributed by atoms with Crippen LogP contribution in [0.1, 0.15) is 0 Å². The van der Waals surface area contributed by atoms with E-state index >= 15 is 0 Å². The highest BCUT2D eigenvalue weighted by Gasteiger charge is 2.28. The summed E-state index contributed by atoms with van der Waals surface area (Å²) >= 11 is 0. The van der Waals surface area contributed by atoms with Crippen molar-refractivity contribution in [2.75, 3.05) is 31.7 Å². The Morgan fingerprint density at radius 1 is 1.30 bits per heavy atom. The lowest BCUT2D eigenvalue weighted by molar-refractivity contribution is -0.153. The number of alkyl halides is 3. The van der Waals surface area contributed by atoms with E-state index in [0.29, 0.717) is 0 Å². The van der Waals surface area contributed by atoms with E-state index in [-0.39, 0.29) is 31.2 Å². The maximum absolute atomic E-state index is 12.1. The Hall–Kier alpha value is -1.80. The lowest BCUT2D eigenvalue weighted by Crippen LogP contribution is -2.22. The zero-order valence-corrected chi connectivity index (χ0v) is 10.6. The van der Waals surface area contributed by atoms with E-state index in [1.807, 2.05) is 0 Å². The van der Waals surface area contributed by atoms with Gasteiger partial charge in [0.25, 0.3) is 0 Å². The summed E-state index contributed by atoms with van der Waals surface area (Å²) < 4.78 is 45.8. The first-order valence-corrected chi connectivity index (χ1v) is 5.78. The summed E-state index contributed by atoms with van der Waals surface area (Å²) in [5.41, 5.74) is 5.34. The second-order valence-corrected chi connectivity index (χ2v) is 3.79. The van der Waals surface area contributed by atoms with Crippen LogP contribution in [0.3, 0.4) is 0 Å². The quantitative estimate of drug-likeness (QED) is 0.748. The molecule has 0 aliphatic heterocycles. The SMILES string of the molecule is NCCOCC(=O)Nc1ccccc1OCC(F)(F)F. The zero-order valence-electron chi connectivity index (χ0n) is 10.6. The van der Waals surface area contributed by atoms with Crippen LogP contribution in [-0.4, -0.2) is 38.4 Å². The van der Waals surface area contributed by atoms with Crippen LogP contribution in [-0.2, 0) is 9.53 Å². The Balaban J connectivity index is 2.58. The van der Waals surface area contributed by atoms with Crippen molar-refractivity contribution in [3.8, 4) is 5.75 Å². The minimum Gasteiger partial charge on any atom is -0.482 e. The fourth-order valence-corrected chi connectivity index (χ4v) is 1.29. The molecule has 0 fully saturated rings. The highest BCUT2D eigenvalue weighted by atomic mass is 19.4. The van der Waals surface area contributed by atoms with Gasteiger partial charge in [-0.15, -0.1) is 0 Å².